The molecule has 0 fully saturated rings. The maximum absolute atomic E-state index is 12.7. The molecule has 1 heterocycles. The molecular weight excluding hydrogens is 356 g/mol. The molecule has 0 saturated carbocycles. The van der Waals surface area contributed by atoms with Crippen molar-refractivity contribution in [1.29, 1.82) is 0 Å². The number of hydrogen-bond donors (Lipinski definition) is 2. The Bertz CT molecular complexity index is 899. The van der Waals surface area contributed by atoms with Gasteiger partial charge in [0.25, 0.3) is 5.91 Å². The highest BCUT2D eigenvalue weighted by atomic mass is 16.6. The van der Waals surface area contributed by atoms with Crippen molar-refractivity contribution in [1.82, 2.24) is 15.5 Å². The number of nitrogens with zero attached hydrogens (tertiary/aromatic N) is 2. The molecule has 1 amide bonds. The van der Waals surface area contributed by atoms with Crippen LogP contribution in [0.2, 0.25) is 0 Å². The molecule has 28 heavy (non-hydrogen) atoms. The number of amides is 1. The summed E-state index contributed by atoms with van der Waals surface area (Å²) in [4.78, 5) is 23.5. The first-order chi connectivity index (χ1) is 13.6. The van der Waals surface area contributed by atoms with Crippen LogP contribution in [0.1, 0.15) is 46.6 Å². The molecule has 7 nitrogen and oxygen atoms in total. The summed E-state index contributed by atoms with van der Waals surface area (Å²) in [5.41, 5.74) is 2.07. The van der Waals surface area contributed by atoms with E-state index in [0.717, 1.165) is 11.1 Å². The largest absolute Gasteiger partial charge is 0.349 e. The van der Waals surface area contributed by atoms with E-state index in [1.807, 2.05) is 67.6 Å². The van der Waals surface area contributed by atoms with E-state index in [0.29, 0.717) is 25.1 Å². The minimum absolute atomic E-state index is 0.0699. The van der Waals surface area contributed by atoms with Crippen LogP contribution in [-0.4, -0.2) is 27.6 Å². The molecule has 2 N–H and O–H groups in total. The van der Waals surface area contributed by atoms with E-state index in [1.165, 1.54) is 0 Å². The van der Waals surface area contributed by atoms with E-state index < -0.39 is 10.8 Å². The van der Waals surface area contributed by atoms with Gasteiger partial charge >= 0.3 is 5.69 Å². The van der Waals surface area contributed by atoms with E-state index in [9.17, 15) is 14.9 Å². The van der Waals surface area contributed by atoms with Crippen molar-refractivity contribution in [2.75, 3.05) is 6.54 Å². The van der Waals surface area contributed by atoms with Crippen molar-refractivity contribution < 1.29 is 9.72 Å². The molecule has 0 saturated heterocycles. The number of hydrogen-bond acceptors (Lipinski definition) is 4. The van der Waals surface area contributed by atoms with E-state index in [4.69, 9.17) is 0 Å². The van der Waals surface area contributed by atoms with Crippen molar-refractivity contribution in [3.05, 3.63) is 93.3 Å². The number of rotatable bonds is 8. The van der Waals surface area contributed by atoms with Gasteiger partial charge in [0, 0.05) is 12.5 Å². The predicted molar refractivity (Wildman–Crippen MR) is 106 cm³/mol. The fraction of sp³-hybridized carbons (Fsp3) is 0.238. The second-order valence-corrected chi connectivity index (χ2v) is 6.49. The van der Waals surface area contributed by atoms with Crippen molar-refractivity contribution in [2.24, 2.45) is 0 Å². The molecule has 0 atom stereocenters. The van der Waals surface area contributed by atoms with Crippen LogP contribution in [0.5, 0.6) is 0 Å². The number of benzene rings is 2. The Morgan fingerprint density at radius 2 is 1.68 bits per heavy atom. The molecule has 0 radical (unpaired) electrons. The summed E-state index contributed by atoms with van der Waals surface area (Å²) < 4.78 is 0. The van der Waals surface area contributed by atoms with E-state index in [1.54, 1.807) is 0 Å². The second kappa shape index (κ2) is 8.94. The number of H-pyrrole nitrogens is 1. The van der Waals surface area contributed by atoms with Gasteiger partial charge in [-0.2, -0.15) is 5.10 Å². The summed E-state index contributed by atoms with van der Waals surface area (Å²) in [7, 11) is 0. The number of aromatic nitrogens is 2. The lowest BCUT2D eigenvalue weighted by Crippen LogP contribution is -2.29. The quantitative estimate of drug-likeness (QED) is 0.459. The number of aromatic amines is 1. The molecule has 0 bridgehead atoms. The predicted octanol–water partition coefficient (Wildman–Crippen LogP) is 3.83. The lowest BCUT2D eigenvalue weighted by Gasteiger charge is -2.18. The molecule has 0 aliphatic rings. The van der Waals surface area contributed by atoms with Gasteiger partial charge in [-0.05, 0) is 17.5 Å². The van der Waals surface area contributed by atoms with Gasteiger partial charge in [0.15, 0.2) is 0 Å². The van der Waals surface area contributed by atoms with Gasteiger partial charge in [-0.15, -0.1) is 0 Å². The molecule has 144 valence electrons. The zero-order chi connectivity index (χ0) is 19.9. The van der Waals surface area contributed by atoms with Crippen LogP contribution >= 0.6 is 0 Å². The van der Waals surface area contributed by atoms with Crippen LogP contribution in [0.15, 0.2) is 60.7 Å². The molecule has 7 heteroatoms. The molecule has 2 aromatic carbocycles. The number of carbonyl (C=O) groups excluding carboxylic acids is 1. The number of carbonyl (C=O) groups is 1. The van der Waals surface area contributed by atoms with Crippen molar-refractivity contribution in [2.45, 2.75) is 25.7 Å². The summed E-state index contributed by atoms with van der Waals surface area (Å²) in [6, 6.07) is 19.7. The fourth-order valence-electron chi connectivity index (χ4n) is 3.23. The van der Waals surface area contributed by atoms with Gasteiger partial charge < -0.3 is 5.32 Å². The van der Waals surface area contributed by atoms with Gasteiger partial charge in [0.1, 0.15) is 5.69 Å². The summed E-state index contributed by atoms with van der Waals surface area (Å²) in [6.45, 7) is 2.22. The fourth-order valence-corrected chi connectivity index (χ4v) is 3.23. The Morgan fingerprint density at radius 1 is 1.11 bits per heavy atom. The average Bonchev–Trinajstić information content (AvgIpc) is 3.14. The van der Waals surface area contributed by atoms with Crippen LogP contribution < -0.4 is 5.32 Å². The monoisotopic (exact) mass is 378 g/mol. The SMILES string of the molecule is CCCc1[nH]nc(C(=O)NCC(c2ccccc2)c2ccccc2)c1[N+](=O)[O-]. The standard InChI is InChI=1S/C21H22N4O3/c1-2-9-18-20(25(27)28)19(24-23-18)21(26)22-14-17(15-10-5-3-6-11-15)16-12-7-4-8-13-16/h3-8,10-13,17H,2,9,14H2,1H3,(H,22,26)(H,23,24). The molecule has 3 rings (SSSR count). The first kappa shape index (κ1) is 19.3. The van der Waals surface area contributed by atoms with Gasteiger partial charge in [0.2, 0.25) is 5.69 Å². The Labute approximate surface area is 162 Å². The van der Waals surface area contributed by atoms with Crippen LogP contribution in [0.4, 0.5) is 5.69 Å². The van der Waals surface area contributed by atoms with Crippen LogP contribution in [0.25, 0.3) is 0 Å². The highest BCUT2D eigenvalue weighted by Gasteiger charge is 2.29. The van der Waals surface area contributed by atoms with Crippen LogP contribution in [0, 0.1) is 10.1 Å². The van der Waals surface area contributed by atoms with Crippen LogP contribution in [0.3, 0.4) is 0 Å². The number of aryl methyl sites for hydroxylation is 1. The number of nitro groups is 1. The minimum Gasteiger partial charge on any atom is -0.349 e. The normalized spacial score (nSPS) is 10.8. The van der Waals surface area contributed by atoms with Crippen molar-refractivity contribution >= 4 is 11.6 Å². The van der Waals surface area contributed by atoms with Crippen LogP contribution in [-0.2, 0) is 6.42 Å². The summed E-state index contributed by atoms with van der Waals surface area (Å²) in [5.74, 6) is -0.623. The molecule has 0 aliphatic heterocycles. The first-order valence-corrected chi connectivity index (χ1v) is 9.21. The topological polar surface area (TPSA) is 101 Å². The molecular formula is C21H22N4O3. The van der Waals surface area contributed by atoms with Gasteiger partial charge in [-0.1, -0.05) is 74.0 Å². The van der Waals surface area contributed by atoms with Gasteiger partial charge in [-0.25, -0.2) is 0 Å². The summed E-state index contributed by atoms with van der Waals surface area (Å²) in [6.07, 6.45) is 1.18. The third-order valence-electron chi connectivity index (χ3n) is 4.58. The third kappa shape index (κ3) is 4.25. The summed E-state index contributed by atoms with van der Waals surface area (Å²) >= 11 is 0. The second-order valence-electron chi connectivity index (χ2n) is 6.49. The number of nitrogens with one attached hydrogen (secondary N) is 2. The highest BCUT2D eigenvalue weighted by Crippen LogP contribution is 2.25. The molecule has 3 aromatic rings. The van der Waals surface area contributed by atoms with E-state index in [-0.39, 0.29) is 17.3 Å². The Balaban J connectivity index is 1.82. The lowest BCUT2D eigenvalue weighted by atomic mass is 9.91. The minimum atomic E-state index is -0.554. The smallest absolute Gasteiger partial charge is 0.322 e. The Kier molecular flexibility index (Phi) is 6.16. The first-order valence-electron chi connectivity index (χ1n) is 9.21. The molecule has 0 aliphatic carbocycles. The maximum Gasteiger partial charge on any atom is 0.322 e. The zero-order valence-electron chi connectivity index (χ0n) is 15.6. The maximum atomic E-state index is 12.7. The lowest BCUT2D eigenvalue weighted by molar-refractivity contribution is -0.385. The van der Waals surface area contributed by atoms with E-state index >= 15 is 0 Å². The Morgan fingerprint density at radius 3 is 2.18 bits per heavy atom. The Hall–Kier alpha value is -3.48. The average molecular weight is 378 g/mol. The van der Waals surface area contributed by atoms with Crippen molar-refractivity contribution in [3.8, 4) is 0 Å². The third-order valence-corrected chi connectivity index (χ3v) is 4.58. The van der Waals surface area contributed by atoms with Gasteiger partial charge in [0.05, 0.1) is 4.92 Å². The molecule has 0 spiro atoms. The summed E-state index contributed by atoms with van der Waals surface area (Å²) in [5, 5.41) is 20.8. The zero-order valence-corrected chi connectivity index (χ0v) is 15.6. The van der Waals surface area contributed by atoms with Gasteiger partial charge in [-0.3, -0.25) is 20.0 Å². The molecule has 1 aromatic heterocycles. The van der Waals surface area contributed by atoms with Crippen molar-refractivity contribution in [3.63, 3.8) is 0 Å². The molecule has 0 unspecified atom stereocenters. The highest BCUT2D eigenvalue weighted by molar-refractivity contribution is 5.96. The van der Waals surface area contributed by atoms with E-state index in [2.05, 4.69) is 15.5 Å².